The van der Waals surface area contributed by atoms with Crippen molar-refractivity contribution in [2.24, 2.45) is 0 Å². The Morgan fingerprint density at radius 1 is 1.28 bits per heavy atom. The van der Waals surface area contributed by atoms with Gasteiger partial charge in [-0.25, -0.2) is 4.79 Å². The van der Waals surface area contributed by atoms with Crippen molar-refractivity contribution in [3.8, 4) is 0 Å². The molecule has 0 aromatic heterocycles. The van der Waals surface area contributed by atoms with Crippen LogP contribution in [0.25, 0.3) is 0 Å². The van der Waals surface area contributed by atoms with Gasteiger partial charge in [0.15, 0.2) is 0 Å². The van der Waals surface area contributed by atoms with E-state index in [-0.39, 0.29) is 12.0 Å². The van der Waals surface area contributed by atoms with Gasteiger partial charge in [-0.2, -0.15) is 0 Å². The molecular formula is C15H21NO2. The van der Waals surface area contributed by atoms with E-state index in [1.54, 1.807) is 13.8 Å². The number of hydrogen-bond donors (Lipinski definition) is 1. The summed E-state index contributed by atoms with van der Waals surface area (Å²) in [7, 11) is 0. The van der Waals surface area contributed by atoms with Crippen LogP contribution in [0.2, 0.25) is 0 Å². The smallest absolute Gasteiger partial charge is 0.335 e. The summed E-state index contributed by atoms with van der Waals surface area (Å²) in [5.74, 6) is -0.261. The summed E-state index contributed by atoms with van der Waals surface area (Å²) in [6.45, 7) is 7.94. The van der Waals surface area contributed by atoms with Crippen LogP contribution in [0.15, 0.2) is 41.6 Å². The van der Waals surface area contributed by atoms with Gasteiger partial charge in [-0.3, -0.25) is 0 Å². The number of ether oxygens (including phenoxy) is 1. The molecule has 0 amide bonds. The van der Waals surface area contributed by atoms with Gasteiger partial charge in [0.05, 0.1) is 12.2 Å². The van der Waals surface area contributed by atoms with Crippen LogP contribution >= 0.6 is 0 Å². The van der Waals surface area contributed by atoms with Gasteiger partial charge in [0, 0.05) is 11.7 Å². The Bertz CT molecular complexity index is 423. The van der Waals surface area contributed by atoms with E-state index in [4.69, 9.17) is 4.74 Å². The second kappa shape index (κ2) is 6.84. The zero-order chi connectivity index (χ0) is 13.5. The van der Waals surface area contributed by atoms with Gasteiger partial charge in [-0.15, -0.1) is 0 Å². The molecule has 1 aromatic rings. The number of allylic oxidation sites excluding steroid dienone is 1. The summed E-state index contributed by atoms with van der Waals surface area (Å²) in [6.07, 6.45) is 0. The molecule has 0 heterocycles. The SMILES string of the molecule is CCOC(=O)/C(C)=C(\C)N[C@H](C)c1ccccc1. The van der Waals surface area contributed by atoms with Crippen LogP contribution in [-0.2, 0) is 9.53 Å². The summed E-state index contributed by atoms with van der Waals surface area (Å²) in [5, 5.41) is 3.31. The minimum atomic E-state index is -0.261. The van der Waals surface area contributed by atoms with Crippen LogP contribution in [0.4, 0.5) is 0 Å². The van der Waals surface area contributed by atoms with Crippen molar-refractivity contribution >= 4 is 5.97 Å². The Morgan fingerprint density at radius 3 is 2.44 bits per heavy atom. The zero-order valence-corrected chi connectivity index (χ0v) is 11.5. The lowest BCUT2D eigenvalue weighted by Crippen LogP contribution is -2.20. The third-order valence-electron chi connectivity index (χ3n) is 2.88. The van der Waals surface area contributed by atoms with Crippen molar-refractivity contribution in [1.82, 2.24) is 5.32 Å². The highest BCUT2D eigenvalue weighted by molar-refractivity contribution is 5.88. The topological polar surface area (TPSA) is 38.3 Å². The van der Waals surface area contributed by atoms with Crippen LogP contribution in [-0.4, -0.2) is 12.6 Å². The fourth-order valence-corrected chi connectivity index (χ4v) is 1.65. The molecule has 0 aliphatic carbocycles. The van der Waals surface area contributed by atoms with E-state index in [2.05, 4.69) is 24.4 Å². The average molecular weight is 247 g/mol. The van der Waals surface area contributed by atoms with Crippen LogP contribution in [0, 0.1) is 0 Å². The van der Waals surface area contributed by atoms with E-state index < -0.39 is 0 Å². The Labute approximate surface area is 109 Å². The van der Waals surface area contributed by atoms with Crippen LogP contribution < -0.4 is 5.32 Å². The molecule has 18 heavy (non-hydrogen) atoms. The van der Waals surface area contributed by atoms with Gasteiger partial charge in [-0.1, -0.05) is 30.3 Å². The first-order valence-corrected chi connectivity index (χ1v) is 6.22. The number of carbonyl (C=O) groups is 1. The quantitative estimate of drug-likeness (QED) is 0.641. The fourth-order valence-electron chi connectivity index (χ4n) is 1.65. The number of nitrogens with one attached hydrogen (secondary N) is 1. The molecular weight excluding hydrogens is 226 g/mol. The monoisotopic (exact) mass is 247 g/mol. The lowest BCUT2D eigenvalue weighted by Gasteiger charge is -2.17. The Morgan fingerprint density at radius 2 is 1.89 bits per heavy atom. The summed E-state index contributed by atoms with van der Waals surface area (Å²) in [6, 6.07) is 10.3. The summed E-state index contributed by atoms with van der Waals surface area (Å²) in [5.41, 5.74) is 2.66. The molecule has 0 aliphatic rings. The molecule has 0 radical (unpaired) electrons. The predicted octanol–water partition coefficient (Wildman–Crippen LogP) is 3.19. The van der Waals surface area contributed by atoms with E-state index in [9.17, 15) is 4.79 Å². The molecule has 3 heteroatoms. The van der Waals surface area contributed by atoms with E-state index >= 15 is 0 Å². The molecule has 1 aromatic carbocycles. The lowest BCUT2D eigenvalue weighted by atomic mass is 10.1. The summed E-state index contributed by atoms with van der Waals surface area (Å²) < 4.78 is 4.98. The minimum absolute atomic E-state index is 0.163. The normalized spacial score (nSPS) is 13.6. The molecule has 1 N–H and O–H groups in total. The maximum absolute atomic E-state index is 11.6. The third-order valence-corrected chi connectivity index (χ3v) is 2.88. The van der Waals surface area contributed by atoms with Crippen LogP contribution in [0.1, 0.15) is 39.3 Å². The highest BCUT2D eigenvalue weighted by atomic mass is 16.5. The van der Waals surface area contributed by atoms with Gasteiger partial charge in [0.1, 0.15) is 0 Å². The molecule has 98 valence electrons. The van der Waals surface area contributed by atoms with Gasteiger partial charge in [-0.05, 0) is 33.3 Å². The minimum Gasteiger partial charge on any atom is -0.463 e. The number of esters is 1. The third kappa shape index (κ3) is 3.91. The predicted molar refractivity (Wildman–Crippen MR) is 73.0 cm³/mol. The maximum atomic E-state index is 11.6. The number of rotatable bonds is 5. The highest BCUT2D eigenvalue weighted by Gasteiger charge is 2.11. The van der Waals surface area contributed by atoms with E-state index in [1.807, 2.05) is 25.1 Å². The molecule has 1 atom stereocenters. The van der Waals surface area contributed by atoms with Crippen molar-refractivity contribution in [3.05, 3.63) is 47.2 Å². The number of carbonyl (C=O) groups excluding carboxylic acids is 1. The lowest BCUT2D eigenvalue weighted by molar-refractivity contribution is -0.138. The Hall–Kier alpha value is -1.77. The molecule has 0 saturated carbocycles. The molecule has 1 rings (SSSR count). The van der Waals surface area contributed by atoms with Crippen molar-refractivity contribution in [2.75, 3.05) is 6.61 Å². The average Bonchev–Trinajstić information content (AvgIpc) is 2.39. The van der Waals surface area contributed by atoms with Crippen molar-refractivity contribution in [3.63, 3.8) is 0 Å². The van der Waals surface area contributed by atoms with E-state index in [1.165, 1.54) is 5.56 Å². The zero-order valence-electron chi connectivity index (χ0n) is 11.5. The maximum Gasteiger partial charge on any atom is 0.335 e. The Balaban J connectivity index is 2.72. The van der Waals surface area contributed by atoms with Crippen molar-refractivity contribution in [2.45, 2.75) is 33.7 Å². The second-order valence-electron chi connectivity index (χ2n) is 4.25. The molecule has 0 fully saturated rings. The van der Waals surface area contributed by atoms with Gasteiger partial charge in [0.25, 0.3) is 0 Å². The molecule has 0 spiro atoms. The molecule has 0 unspecified atom stereocenters. The second-order valence-corrected chi connectivity index (χ2v) is 4.25. The molecule has 0 aliphatic heterocycles. The van der Waals surface area contributed by atoms with E-state index in [0.29, 0.717) is 12.2 Å². The van der Waals surface area contributed by atoms with Crippen LogP contribution in [0.3, 0.4) is 0 Å². The first-order chi connectivity index (χ1) is 8.56. The van der Waals surface area contributed by atoms with Gasteiger partial charge < -0.3 is 10.1 Å². The highest BCUT2D eigenvalue weighted by Crippen LogP contribution is 2.14. The van der Waals surface area contributed by atoms with Gasteiger partial charge >= 0.3 is 5.97 Å². The fraction of sp³-hybridized carbons (Fsp3) is 0.400. The molecule has 0 bridgehead atoms. The first-order valence-electron chi connectivity index (χ1n) is 6.22. The van der Waals surface area contributed by atoms with Gasteiger partial charge in [0.2, 0.25) is 0 Å². The standard InChI is InChI=1S/C15H21NO2/c1-5-18-15(17)11(2)12(3)16-13(4)14-9-7-6-8-10-14/h6-10,13,16H,5H2,1-4H3/b12-11+/t13-/m1/s1. The summed E-state index contributed by atoms with van der Waals surface area (Å²) >= 11 is 0. The largest absolute Gasteiger partial charge is 0.463 e. The Kier molecular flexibility index (Phi) is 5.43. The number of hydrogen-bond acceptors (Lipinski definition) is 3. The first kappa shape index (κ1) is 14.3. The van der Waals surface area contributed by atoms with Crippen molar-refractivity contribution < 1.29 is 9.53 Å². The number of benzene rings is 1. The van der Waals surface area contributed by atoms with Crippen LogP contribution in [0.5, 0.6) is 0 Å². The molecule has 0 saturated heterocycles. The van der Waals surface area contributed by atoms with Crippen molar-refractivity contribution in [1.29, 1.82) is 0 Å². The molecule has 3 nitrogen and oxygen atoms in total. The van der Waals surface area contributed by atoms with E-state index in [0.717, 1.165) is 5.70 Å². The summed E-state index contributed by atoms with van der Waals surface area (Å²) in [4.78, 5) is 11.6.